The lowest BCUT2D eigenvalue weighted by atomic mass is 9.56. The Balaban J connectivity index is 1.97. The molecule has 6 atom stereocenters. The zero-order valence-corrected chi connectivity index (χ0v) is 14.1. The molecule has 0 bridgehead atoms. The lowest BCUT2D eigenvalue weighted by Gasteiger charge is -2.42. The lowest BCUT2D eigenvalue weighted by Crippen LogP contribution is -2.55. The summed E-state index contributed by atoms with van der Waals surface area (Å²) in [5.41, 5.74) is -2.60. The van der Waals surface area contributed by atoms with Gasteiger partial charge in [-0.3, -0.25) is 14.4 Å². The summed E-state index contributed by atoms with van der Waals surface area (Å²) in [6.45, 7) is 1.51. The van der Waals surface area contributed by atoms with Crippen molar-refractivity contribution in [3.05, 3.63) is 11.6 Å². The zero-order chi connectivity index (χ0) is 18.1. The maximum absolute atomic E-state index is 13.1. The van der Waals surface area contributed by atoms with Crippen molar-refractivity contribution in [3.63, 3.8) is 0 Å². The van der Waals surface area contributed by atoms with Gasteiger partial charge in [0.1, 0.15) is 17.3 Å². The third kappa shape index (κ3) is 1.96. The molecule has 7 heteroatoms. The molecular formula is C18H20O7. The summed E-state index contributed by atoms with van der Waals surface area (Å²) in [7, 11) is 1.20. The van der Waals surface area contributed by atoms with E-state index in [4.69, 9.17) is 9.47 Å². The molecule has 0 spiro atoms. The first-order valence-corrected chi connectivity index (χ1v) is 8.52. The standard InChI is InChI=1S/C18H20O7/c1-17(23)6-10(19)14-13-9(15(21)25-11(13)7-17)5-8-3-4-12(20)18(8,14)16(22)24-2/h5,8,11,13-14,23H,3-4,6-7H2,1-2H3/t8-,11+,13+,14-,17+,18-/m1/s1. The predicted molar refractivity (Wildman–Crippen MR) is 82.0 cm³/mol. The van der Waals surface area contributed by atoms with E-state index in [2.05, 4.69) is 0 Å². The average molecular weight is 348 g/mol. The van der Waals surface area contributed by atoms with Crippen LogP contribution in [0.25, 0.3) is 0 Å². The number of esters is 2. The molecule has 1 N–H and O–H groups in total. The fraction of sp³-hybridized carbons (Fsp3) is 0.667. The molecule has 7 nitrogen and oxygen atoms in total. The van der Waals surface area contributed by atoms with Crippen molar-refractivity contribution in [1.29, 1.82) is 0 Å². The average Bonchev–Trinajstić information content (AvgIpc) is 2.99. The van der Waals surface area contributed by atoms with Crippen LogP contribution in [-0.4, -0.2) is 47.4 Å². The number of Topliss-reactive ketones (excluding diaryl/α,β-unsaturated/α-hetero) is 2. The molecule has 2 saturated carbocycles. The number of fused-ring (bicyclic) bond motifs is 2. The fourth-order valence-corrected chi connectivity index (χ4v) is 5.41. The van der Waals surface area contributed by atoms with Gasteiger partial charge in [0.15, 0.2) is 5.78 Å². The van der Waals surface area contributed by atoms with E-state index in [1.54, 1.807) is 6.08 Å². The van der Waals surface area contributed by atoms with Crippen molar-refractivity contribution in [3.8, 4) is 0 Å². The molecule has 0 aromatic carbocycles. The van der Waals surface area contributed by atoms with Crippen LogP contribution in [0.3, 0.4) is 0 Å². The fourth-order valence-electron chi connectivity index (χ4n) is 5.41. The van der Waals surface area contributed by atoms with Crippen molar-refractivity contribution in [2.75, 3.05) is 7.11 Å². The van der Waals surface area contributed by atoms with E-state index in [-0.39, 0.29) is 30.8 Å². The van der Waals surface area contributed by atoms with Crippen molar-refractivity contribution >= 4 is 23.5 Å². The molecule has 0 radical (unpaired) electrons. The summed E-state index contributed by atoms with van der Waals surface area (Å²) in [6.07, 6.45) is 1.38. The highest BCUT2D eigenvalue weighted by Gasteiger charge is 2.70. The molecule has 25 heavy (non-hydrogen) atoms. The van der Waals surface area contributed by atoms with Gasteiger partial charge in [-0.15, -0.1) is 0 Å². The number of ketones is 2. The Bertz CT molecular complexity index is 734. The second kappa shape index (κ2) is 5.00. The van der Waals surface area contributed by atoms with Gasteiger partial charge in [-0.05, 0) is 13.3 Å². The van der Waals surface area contributed by atoms with Crippen LogP contribution in [0.15, 0.2) is 11.6 Å². The van der Waals surface area contributed by atoms with Crippen molar-refractivity contribution in [2.24, 2.45) is 23.2 Å². The Hall–Kier alpha value is -2.02. The lowest BCUT2D eigenvalue weighted by molar-refractivity contribution is -0.168. The topological polar surface area (TPSA) is 107 Å². The Morgan fingerprint density at radius 3 is 2.76 bits per heavy atom. The highest BCUT2D eigenvalue weighted by Crippen LogP contribution is 2.60. The smallest absolute Gasteiger partial charge is 0.334 e. The number of rotatable bonds is 1. The largest absolute Gasteiger partial charge is 0.468 e. The number of hydrogen-bond acceptors (Lipinski definition) is 7. The summed E-state index contributed by atoms with van der Waals surface area (Å²) in [5.74, 6) is -4.22. The zero-order valence-electron chi connectivity index (χ0n) is 14.1. The summed E-state index contributed by atoms with van der Waals surface area (Å²) in [4.78, 5) is 51.0. The quantitative estimate of drug-likeness (QED) is 0.538. The van der Waals surface area contributed by atoms with E-state index >= 15 is 0 Å². The summed E-state index contributed by atoms with van der Waals surface area (Å²) in [6, 6.07) is 0. The first-order valence-electron chi connectivity index (χ1n) is 8.52. The van der Waals surface area contributed by atoms with Gasteiger partial charge in [0.05, 0.1) is 18.6 Å². The second-order valence-corrected chi connectivity index (χ2v) is 7.84. The Labute approximate surface area is 144 Å². The van der Waals surface area contributed by atoms with Crippen LogP contribution in [0.1, 0.15) is 32.6 Å². The minimum Gasteiger partial charge on any atom is -0.468 e. The molecular weight excluding hydrogens is 328 g/mol. The number of ether oxygens (including phenoxy) is 2. The monoisotopic (exact) mass is 348 g/mol. The molecule has 0 amide bonds. The van der Waals surface area contributed by atoms with Gasteiger partial charge in [0.2, 0.25) is 0 Å². The highest BCUT2D eigenvalue weighted by atomic mass is 16.6. The number of methoxy groups -OCH3 is 1. The summed E-state index contributed by atoms with van der Waals surface area (Å²) < 4.78 is 10.4. The maximum Gasteiger partial charge on any atom is 0.334 e. The van der Waals surface area contributed by atoms with Crippen LogP contribution in [-0.2, 0) is 28.7 Å². The molecule has 3 aliphatic carbocycles. The van der Waals surface area contributed by atoms with Gasteiger partial charge in [0.25, 0.3) is 0 Å². The van der Waals surface area contributed by atoms with Crippen LogP contribution in [0.2, 0.25) is 0 Å². The Morgan fingerprint density at radius 2 is 2.08 bits per heavy atom. The molecule has 4 rings (SSSR count). The number of carbonyl (C=O) groups is 4. The number of allylic oxidation sites excluding steroid dienone is 1. The van der Waals surface area contributed by atoms with Crippen LogP contribution in [0, 0.1) is 23.2 Å². The van der Waals surface area contributed by atoms with E-state index in [1.807, 2.05) is 0 Å². The van der Waals surface area contributed by atoms with Gasteiger partial charge in [-0.1, -0.05) is 6.08 Å². The molecule has 0 aromatic heterocycles. The van der Waals surface area contributed by atoms with E-state index in [0.29, 0.717) is 12.0 Å². The molecule has 1 saturated heterocycles. The number of carbonyl (C=O) groups excluding carboxylic acids is 4. The highest BCUT2D eigenvalue weighted by molar-refractivity contribution is 6.12. The van der Waals surface area contributed by atoms with E-state index < -0.39 is 46.8 Å². The molecule has 1 aliphatic heterocycles. The van der Waals surface area contributed by atoms with Gasteiger partial charge >= 0.3 is 11.9 Å². The van der Waals surface area contributed by atoms with E-state index in [1.165, 1.54) is 14.0 Å². The molecule has 134 valence electrons. The molecule has 3 fully saturated rings. The minimum atomic E-state index is -1.60. The van der Waals surface area contributed by atoms with E-state index in [9.17, 15) is 24.3 Å². The van der Waals surface area contributed by atoms with Gasteiger partial charge < -0.3 is 14.6 Å². The third-order valence-electron chi connectivity index (χ3n) is 6.28. The molecule has 4 aliphatic rings. The molecule has 1 heterocycles. The van der Waals surface area contributed by atoms with Crippen LogP contribution in [0.5, 0.6) is 0 Å². The number of hydrogen-bond donors (Lipinski definition) is 1. The molecule has 0 unspecified atom stereocenters. The van der Waals surface area contributed by atoms with Crippen molar-refractivity contribution < 1.29 is 33.8 Å². The summed E-state index contributed by atoms with van der Waals surface area (Å²) in [5, 5.41) is 10.5. The first kappa shape index (κ1) is 16.4. The third-order valence-corrected chi connectivity index (χ3v) is 6.28. The first-order chi connectivity index (χ1) is 11.7. The maximum atomic E-state index is 13.1. The second-order valence-electron chi connectivity index (χ2n) is 7.84. The van der Waals surface area contributed by atoms with Gasteiger partial charge in [-0.25, -0.2) is 4.79 Å². The summed E-state index contributed by atoms with van der Waals surface area (Å²) >= 11 is 0. The Kier molecular flexibility index (Phi) is 3.29. The SMILES string of the molecule is COC(=O)[C@@]12C(=O)CC[C@@H]1C=C1C(=O)O[C@H]3C[C@@](C)(O)CC(=O)[C@@H]2[C@@H]13. The normalized spacial score (nSPS) is 45.2. The van der Waals surface area contributed by atoms with Crippen molar-refractivity contribution in [2.45, 2.75) is 44.3 Å². The minimum absolute atomic E-state index is 0.0963. The van der Waals surface area contributed by atoms with Crippen molar-refractivity contribution in [1.82, 2.24) is 0 Å². The van der Waals surface area contributed by atoms with Crippen LogP contribution < -0.4 is 0 Å². The van der Waals surface area contributed by atoms with Gasteiger partial charge in [-0.2, -0.15) is 0 Å². The van der Waals surface area contributed by atoms with Crippen LogP contribution >= 0.6 is 0 Å². The Morgan fingerprint density at radius 1 is 1.36 bits per heavy atom. The van der Waals surface area contributed by atoms with Crippen LogP contribution in [0.4, 0.5) is 0 Å². The predicted octanol–water partition coefficient (Wildman–Crippen LogP) is 0.337. The van der Waals surface area contributed by atoms with E-state index in [0.717, 1.165) is 0 Å². The molecule has 0 aromatic rings. The van der Waals surface area contributed by atoms with Gasteiger partial charge in [0, 0.05) is 36.7 Å². The number of aliphatic hydroxyl groups is 1.